The molecule has 0 aromatic heterocycles. The zero-order valence-corrected chi connectivity index (χ0v) is 14.0. The van der Waals surface area contributed by atoms with Crippen LogP contribution in [0.25, 0.3) is 0 Å². The highest BCUT2D eigenvalue weighted by Gasteiger charge is 2.33. The van der Waals surface area contributed by atoms with E-state index in [0.717, 1.165) is 6.07 Å². The molecule has 0 saturated carbocycles. The lowest BCUT2D eigenvalue weighted by Gasteiger charge is -2.12. The quantitative estimate of drug-likeness (QED) is 0.334. The smallest absolute Gasteiger partial charge is 0.416 e. The summed E-state index contributed by atoms with van der Waals surface area (Å²) < 4.78 is 72.6. The molecular formula is C17H15F5N2O3. The zero-order chi connectivity index (χ0) is 20.0. The summed E-state index contributed by atoms with van der Waals surface area (Å²) in [5.74, 6) is -0.404. The summed E-state index contributed by atoms with van der Waals surface area (Å²) in [6.07, 6.45) is -4.52. The minimum atomic E-state index is -4.52. The monoisotopic (exact) mass is 390 g/mol. The summed E-state index contributed by atoms with van der Waals surface area (Å²) in [4.78, 5) is 4.91. The zero-order valence-electron chi connectivity index (χ0n) is 14.0. The van der Waals surface area contributed by atoms with Gasteiger partial charge in [0, 0.05) is 11.1 Å². The van der Waals surface area contributed by atoms with Gasteiger partial charge in [0.25, 0.3) is 0 Å². The van der Waals surface area contributed by atoms with Gasteiger partial charge < -0.3 is 20.0 Å². The van der Waals surface area contributed by atoms with Crippen molar-refractivity contribution in [1.82, 2.24) is 0 Å². The SMILES string of the molecule is COc1cc(/C(N)=N/OCc2ccccc2C(F)(F)F)ccc1OC(F)F. The third kappa shape index (κ3) is 5.47. The molecule has 27 heavy (non-hydrogen) atoms. The molecule has 0 aliphatic heterocycles. The first-order valence-electron chi connectivity index (χ1n) is 7.46. The summed E-state index contributed by atoms with van der Waals surface area (Å²) in [5, 5.41) is 3.56. The Labute approximate surface area is 151 Å². The Morgan fingerprint density at radius 3 is 2.44 bits per heavy atom. The Bertz CT molecular complexity index is 809. The minimum Gasteiger partial charge on any atom is -0.493 e. The molecule has 5 nitrogen and oxygen atoms in total. The molecular weight excluding hydrogens is 375 g/mol. The molecule has 0 unspecified atom stereocenters. The van der Waals surface area contributed by atoms with Crippen molar-refractivity contribution < 1.29 is 36.3 Å². The van der Waals surface area contributed by atoms with Crippen LogP contribution in [0.15, 0.2) is 47.6 Å². The fourth-order valence-electron chi connectivity index (χ4n) is 2.17. The number of amidine groups is 1. The predicted octanol–water partition coefficient (Wildman–Crippen LogP) is 4.15. The maximum atomic E-state index is 12.9. The molecule has 0 fully saturated rings. The molecule has 0 spiro atoms. The average Bonchev–Trinajstić information content (AvgIpc) is 2.61. The van der Waals surface area contributed by atoms with Crippen LogP contribution in [-0.2, 0) is 17.6 Å². The Morgan fingerprint density at radius 1 is 1.11 bits per heavy atom. The van der Waals surface area contributed by atoms with Crippen LogP contribution in [0.3, 0.4) is 0 Å². The maximum absolute atomic E-state index is 12.9. The Balaban J connectivity index is 2.13. The summed E-state index contributed by atoms with van der Waals surface area (Å²) >= 11 is 0. The van der Waals surface area contributed by atoms with Gasteiger partial charge in [-0.2, -0.15) is 22.0 Å². The van der Waals surface area contributed by atoms with Crippen molar-refractivity contribution in [2.75, 3.05) is 7.11 Å². The topological polar surface area (TPSA) is 66.1 Å². The second-order valence-electron chi connectivity index (χ2n) is 5.15. The van der Waals surface area contributed by atoms with Gasteiger partial charge in [0.05, 0.1) is 12.7 Å². The Hall–Kier alpha value is -3.04. The van der Waals surface area contributed by atoms with Crippen LogP contribution in [0.5, 0.6) is 11.5 Å². The number of alkyl halides is 5. The van der Waals surface area contributed by atoms with Gasteiger partial charge in [-0.25, -0.2) is 0 Å². The van der Waals surface area contributed by atoms with Crippen molar-refractivity contribution in [3.8, 4) is 11.5 Å². The maximum Gasteiger partial charge on any atom is 0.416 e. The normalized spacial score (nSPS) is 12.2. The lowest BCUT2D eigenvalue weighted by Crippen LogP contribution is -2.15. The van der Waals surface area contributed by atoms with Crippen LogP contribution in [0, 0.1) is 0 Å². The third-order valence-electron chi connectivity index (χ3n) is 3.38. The van der Waals surface area contributed by atoms with Crippen LogP contribution < -0.4 is 15.2 Å². The average molecular weight is 390 g/mol. The molecule has 10 heteroatoms. The van der Waals surface area contributed by atoms with Gasteiger partial charge in [-0.1, -0.05) is 23.4 Å². The van der Waals surface area contributed by atoms with Gasteiger partial charge in [0.15, 0.2) is 17.3 Å². The van der Waals surface area contributed by atoms with Crippen molar-refractivity contribution in [3.05, 3.63) is 59.2 Å². The predicted molar refractivity (Wildman–Crippen MR) is 86.6 cm³/mol. The molecule has 0 bridgehead atoms. The van der Waals surface area contributed by atoms with Crippen LogP contribution in [0.1, 0.15) is 16.7 Å². The minimum absolute atomic E-state index is 0.0200. The highest BCUT2D eigenvalue weighted by Crippen LogP contribution is 2.32. The van der Waals surface area contributed by atoms with Crippen LogP contribution in [0.2, 0.25) is 0 Å². The number of oxime groups is 1. The molecule has 0 aliphatic rings. The second-order valence-corrected chi connectivity index (χ2v) is 5.15. The highest BCUT2D eigenvalue weighted by atomic mass is 19.4. The van der Waals surface area contributed by atoms with E-state index in [0.29, 0.717) is 0 Å². The first-order valence-corrected chi connectivity index (χ1v) is 7.46. The summed E-state index contributed by atoms with van der Waals surface area (Å²) in [7, 11) is 1.25. The standard InChI is InChI=1S/C17H15F5N2O3/c1-25-14-8-10(6-7-13(14)27-16(18)19)15(23)24-26-9-11-4-2-3-5-12(11)17(20,21)22/h2-8,16H,9H2,1H3,(H2,23,24). The first-order chi connectivity index (χ1) is 12.7. The summed E-state index contributed by atoms with van der Waals surface area (Å²) in [5.41, 5.74) is 5.01. The summed E-state index contributed by atoms with van der Waals surface area (Å²) in [6.45, 7) is -3.49. The lowest BCUT2D eigenvalue weighted by molar-refractivity contribution is -0.138. The van der Waals surface area contributed by atoms with Crippen LogP contribution >= 0.6 is 0 Å². The van der Waals surface area contributed by atoms with Gasteiger partial charge in [0.2, 0.25) is 0 Å². The van der Waals surface area contributed by atoms with Gasteiger partial charge in [0.1, 0.15) is 6.61 Å². The molecule has 2 N–H and O–H groups in total. The van der Waals surface area contributed by atoms with E-state index in [1.165, 1.54) is 43.5 Å². The molecule has 2 rings (SSSR count). The third-order valence-corrected chi connectivity index (χ3v) is 3.38. The fraction of sp³-hybridized carbons (Fsp3) is 0.235. The van der Waals surface area contributed by atoms with E-state index in [2.05, 4.69) is 9.89 Å². The number of hydrogen-bond donors (Lipinski definition) is 1. The molecule has 0 radical (unpaired) electrons. The second kappa shape index (κ2) is 8.56. The molecule has 0 saturated heterocycles. The Kier molecular flexibility index (Phi) is 6.43. The Morgan fingerprint density at radius 2 is 1.81 bits per heavy atom. The molecule has 2 aromatic rings. The van der Waals surface area contributed by atoms with Gasteiger partial charge in [-0.05, 0) is 24.3 Å². The van der Waals surface area contributed by atoms with Crippen molar-refractivity contribution in [2.24, 2.45) is 10.9 Å². The fourth-order valence-corrected chi connectivity index (χ4v) is 2.17. The van der Waals surface area contributed by atoms with Gasteiger partial charge in [-0.15, -0.1) is 0 Å². The van der Waals surface area contributed by atoms with Crippen molar-refractivity contribution in [2.45, 2.75) is 19.4 Å². The number of benzene rings is 2. The largest absolute Gasteiger partial charge is 0.493 e. The number of rotatable bonds is 7. The van der Waals surface area contributed by atoms with E-state index in [9.17, 15) is 22.0 Å². The van der Waals surface area contributed by atoms with Crippen LogP contribution in [-0.4, -0.2) is 19.6 Å². The van der Waals surface area contributed by atoms with Crippen LogP contribution in [0.4, 0.5) is 22.0 Å². The molecule has 0 aliphatic carbocycles. The van der Waals surface area contributed by atoms with E-state index >= 15 is 0 Å². The lowest BCUT2D eigenvalue weighted by atomic mass is 10.1. The van der Waals surface area contributed by atoms with E-state index < -0.39 is 25.0 Å². The van der Waals surface area contributed by atoms with Crippen molar-refractivity contribution in [3.63, 3.8) is 0 Å². The number of halogens is 5. The van der Waals surface area contributed by atoms with Gasteiger partial charge in [-0.3, -0.25) is 0 Å². The van der Waals surface area contributed by atoms with Gasteiger partial charge >= 0.3 is 12.8 Å². The van der Waals surface area contributed by atoms with E-state index in [4.69, 9.17) is 15.3 Å². The highest BCUT2D eigenvalue weighted by molar-refractivity contribution is 5.97. The molecule has 0 atom stereocenters. The molecule has 0 amide bonds. The van der Waals surface area contributed by atoms with E-state index in [1.807, 2.05) is 0 Å². The summed E-state index contributed by atoms with van der Waals surface area (Å²) in [6, 6.07) is 8.69. The molecule has 146 valence electrons. The van der Waals surface area contributed by atoms with Crippen molar-refractivity contribution in [1.29, 1.82) is 0 Å². The first kappa shape index (κ1) is 20.3. The van der Waals surface area contributed by atoms with Crippen molar-refractivity contribution >= 4 is 5.84 Å². The number of nitrogens with two attached hydrogens (primary N) is 1. The van der Waals surface area contributed by atoms with E-state index in [-0.39, 0.29) is 28.5 Å². The number of methoxy groups -OCH3 is 1. The number of hydrogen-bond acceptors (Lipinski definition) is 4. The van der Waals surface area contributed by atoms with E-state index in [1.54, 1.807) is 0 Å². The molecule has 2 aromatic carbocycles. The molecule has 0 heterocycles. The number of nitrogens with zero attached hydrogens (tertiary/aromatic N) is 1. The number of ether oxygens (including phenoxy) is 2.